The Kier molecular flexibility index (Phi) is 4.14. The van der Waals surface area contributed by atoms with E-state index in [-0.39, 0.29) is 0 Å². The second-order valence-electron chi connectivity index (χ2n) is 5.93. The lowest BCUT2D eigenvalue weighted by Crippen LogP contribution is -2.30. The van der Waals surface area contributed by atoms with Crippen molar-refractivity contribution >= 4 is 0 Å². The molecule has 0 saturated carbocycles. The Hall–Kier alpha value is -2.83. The van der Waals surface area contributed by atoms with Crippen molar-refractivity contribution in [2.24, 2.45) is 0 Å². The molecule has 2 heterocycles. The number of rotatable bonds is 2. The molecule has 0 unspecified atom stereocenters. The van der Waals surface area contributed by atoms with Crippen LogP contribution >= 0.6 is 0 Å². The number of hydrogen-bond donors (Lipinski definition) is 0. The van der Waals surface area contributed by atoms with E-state index in [0.29, 0.717) is 0 Å². The third kappa shape index (κ3) is 3.10. The largest absolute Gasteiger partial charge is 0.360 e. The first-order valence-electron chi connectivity index (χ1n) is 8.19. The number of hydrogen-bond acceptors (Lipinski definition) is 3. The summed E-state index contributed by atoms with van der Waals surface area (Å²) in [5.74, 6) is 7.52. The molecular formula is C21H18N2O. The van der Waals surface area contributed by atoms with Gasteiger partial charge < -0.3 is 4.52 Å². The smallest absolute Gasteiger partial charge is 0.143 e. The minimum Gasteiger partial charge on any atom is -0.360 e. The van der Waals surface area contributed by atoms with Gasteiger partial charge in [-0.2, -0.15) is 0 Å². The van der Waals surface area contributed by atoms with Gasteiger partial charge >= 0.3 is 0 Å². The van der Waals surface area contributed by atoms with Crippen LogP contribution in [0.2, 0.25) is 0 Å². The van der Waals surface area contributed by atoms with Crippen molar-refractivity contribution in [3.8, 4) is 23.1 Å². The van der Waals surface area contributed by atoms with E-state index in [1.165, 1.54) is 5.56 Å². The third-order valence-corrected chi connectivity index (χ3v) is 4.26. The molecule has 1 aliphatic heterocycles. The molecule has 0 radical (unpaired) electrons. The van der Waals surface area contributed by atoms with Gasteiger partial charge in [-0.25, -0.2) is 0 Å². The van der Waals surface area contributed by atoms with E-state index < -0.39 is 0 Å². The molecule has 2 aromatic carbocycles. The van der Waals surface area contributed by atoms with Crippen LogP contribution in [0.5, 0.6) is 0 Å². The molecule has 1 aliphatic rings. The van der Waals surface area contributed by atoms with Crippen LogP contribution in [0.25, 0.3) is 11.3 Å². The molecular weight excluding hydrogens is 296 g/mol. The number of benzene rings is 2. The highest BCUT2D eigenvalue weighted by Crippen LogP contribution is 2.29. The lowest BCUT2D eigenvalue weighted by molar-refractivity contribution is 0.261. The van der Waals surface area contributed by atoms with Crippen LogP contribution in [0, 0.1) is 11.8 Å². The van der Waals surface area contributed by atoms with Crippen LogP contribution in [0.15, 0.2) is 65.2 Å². The topological polar surface area (TPSA) is 29.3 Å². The summed E-state index contributed by atoms with van der Waals surface area (Å²) in [6, 6.07) is 20.3. The highest BCUT2D eigenvalue weighted by atomic mass is 16.5. The fraction of sp³-hybridized carbons (Fsp3) is 0.190. The average molecular weight is 314 g/mol. The third-order valence-electron chi connectivity index (χ3n) is 4.26. The highest BCUT2D eigenvalue weighted by Gasteiger charge is 2.24. The van der Waals surface area contributed by atoms with Gasteiger partial charge in [0.15, 0.2) is 0 Å². The van der Waals surface area contributed by atoms with E-state index in [1.807, 2.05) is 48.5 Å². The monoisotopic (exact) mass is 314 g/mol. The quantitative estimate of drug-likeness (QED) is 0.675. The van der Waals surface area contributed by atoms with Crippen LogP contribution in [0.3, 0.4) is 0 Å². The second-order valence-corrected chi connectivity index (χ2v) is 5.93. The summed E-state index contributed by atoms with van der Waals surface area (Å²) in [4.78, 5) is 2.35. The van der Waals surface area contributed by atoms with Crippen LogP contribution in [0.1, 0.15) is 16.9 Å². The lowest BCUT2D eigenvalue weighted by Gasteiger charge is -2.23. The summed E-state index contributed by atoms with van der Waals surface area (Å²) in [6.07, 6.45) is 0.891. The molecule has 118 valence electrons. The normalized spacial score (nSPS) is 13.8. The summed E-state index contributed by atoms with van der Waals surface area (Å²) >= 11 is 0. The summed E-state index contributed by atoms with van der Waals surface area (Å²) in [5.41, 5.74) is 4.34. The van der Waals surface area contributed by atoms with Crippen molar-refractivity contribution in [2.75, 3.05) is 13.1 Å². The molecule has 3 nitrogen and oxygen atoms in total. The highest BCUT2D eigenvalue weighted by molar-refractivity contribution is 5.63. The van der Waals surface area contributed by atoms with E-state index in [4.69, 9.17) is 4.52 Å². The lowest BCUT2D eigenvalue weighted by atomic mass is 10.0. The van der Waals surface area contributed by atoms with Crippen molar-refractivity contribution in [2.45, 2.75) is 13.0 Å². The first-order chi connectivity index (χ1) is 11.9. The van der Waals surface area contributed by atoms with Gasteiger partial charge in [0.05, 0.1) is 6.54 Å². The maximum Gasteiger partial charge on any atom is 0.143 e. The first kappa shape index (κ1) is 14.7. The molecule has 3 heteroatoms. The predicted octanol–water partition coefficient (Wildman–Crippen LogP) is 3.75. The Morgan fingerprint density at radius 1 is 1.00 bits per heavy atom. The summed E-state index contributed by atoms with van der Waals surface area (Å²) < 4.78 is 5.55. The Labute approximate surface area is 141 Å². The zero-order chi connectivity index (χ0) is 16.2. The van der Waals surface area contributed by atoms with Crippen molar-refractivity contribution in [1.82, 2.24) is 10.1 Å². The maximum absolute atomic E-state index is 5.55. The van der Waals surface area contributed by atoms with Crippen LogP contribution in [0.4, 0.5) is 0 Å². The fourth-order valence-electron chi connectivity index (χ4n) is 3.00. The molecule has 0 N–H and O–H groups in total. The molecule has 0 amide bonds. The van der Waals surface area contributed by atoms with Gasteiger partial charge in [-0.05, 0) is 12.1 Å². The molecule has 3 aromatic rings. The Balaban J connectivity index is 1.50. The van der Waals surface area contributed by atoms with Gasteiger partial charge in [0, 0.05) is 36.2 Å². The molecule has 0 aliphatic carbocycles. The Bertz CT molecular complexity index is 872. The van der Waals surface area contributed by atoms with Gasteiger partial charge in [-0.3, -0.25) is 4.90 Å². The van der Waals surface area contributed by atoms with Gasteiger partial charge in [-0.1, -0.05) is 65.5 Å². The number of nitrogens with zero attached hydrogens (tertiary/aromatic N) is 2. The second kappa shape index (κ2) is 6.74. The van der Waals surface area contributed by atoms with Crippen molar-refractivity contribution < 1.29 is 4.52 Å². The number of fused-ring (bicyclic) bond motifs is 1. The molecule has 0 fully saturated rings. The Morgan fingerprint density at radius 3 is 2.54 bits per heavy atom. The minimum absolute atomic E-state index is 0.758. The molecule has 0 spiro atoms. The Morgan fingerprint density at radius 2 is 1.75 bits per heavy atom. The van der Waals surface area contributed by atoms with Gasteiger partial charge in [0.25, 0.3) is 0 Å². The van der Waals surface area contributed by atoms with E-state index in [0.717, 1.165) is 48.6 Å². The van der Waals surface area contributed by atoms with E-state index in [2.05, 4.69) is 34.0 Å². The van der Waals surface area contributed by atoms with Crippen LogP contribution < -0.4 is 0 Å². The fourth-order valence-corrected chi connectivity index (χ4v) is 3.00. The van der Waals surface area contributed by atoms with Crippen LogP contribution in [-0.2, 0) is 13.0 Å². The zero-order valence-corrected chi connectivity index (χ0v) is 13.4. The molecule has 0 bridgehead atoms. The zero-order valence-electron chi connectivity index (χ0n) is 13.4. The standard InChI is InChI=1S/C21H18N2O/c1-3-8-17(9-4-1)10-7-14-23-15-13-20-19(16-23)21(22-24-20)18-11-5-2-6-12-18/h1-6,8-9,11-12H,13-16H2. The minimum atomic E-state index is 0.758. The summed E-state index contributed by atoms with van der Waals surface area (Å²) in [6.45, 7) is 2.56. The SMILES string of the molecule is C(#Cc1ccccc1)CN1CCc2onc(-c3ccccc3)c2C1. The van der Waals surface area contributed by atoms with E-state index in [9.17, 15) is 0 Å². The molecule has 0 saturated heterocycles. The van der Waals surface area contributed by atoms with Crippen LogP contribution in [-0.4, -0.2) is 23.1 Å². The van der Waals surface area contributed by atoms with Crippen molar-refractivity contribution in [3.05, 3.63) is 77.6 Å². The maximum atomic E-state index is 5.55. The average Bonchev–Trinajstić information content (AvgIpc) is 3.07. The van der Waals surface area contributed by atoms with Crippen molar-refractivity contribution in [3.63, 3.8) is 0 Å². The molecule has 24 heavy (non-hydrogen) atoms. The van der Waals surface area contributed by atoms with E-state index >= 15 is 0 Å². The molecule has 1 aromatic heterocycles. The first-order valence-corrected chi connectivity index (χ1v) is 8.19. The molecule has 0 atom stereocenters. The molecule has 4 rings (SSSR count). The summed E-state index contributed by atoms with van der Waals surface area (Å²) in [7, 11) is 0. The summed E-state index contributed by atoms with van der Waals surface area (Å²) in [5, 5.41) is 4.29. The van der Waals surface area contributed by atoms with E-state index in [1.54, 1.807) is 0 Å². The van der Waals surface area contributed by atoms with Gasteiger partial charge in [0.2, 0.25) is 0 Å². The van der Waals surface area contributed by atoms with Crippen molar-refractivity contribution in [1.29, 1.82) is 0 Å². The van der Waals surface area contributed by atoms with Gasteiger partial charge in [0.1, 0.15) is 11.5 Å². The van der Waals surface area contributed by atoms with Gasteiger partial charge in [-0.15, -0.1) is 0 Å². The predicted molar refractivity (Wildman–Crippen MR) is 94.2 cm³/mol. The number of aromatic nitrogens is 1.